The highest BCUT2D eigenvalue weighted by atomic mass is 79.9. The molecule has 4 heteroatoms. The zero-order valence-electron chi connectivity index (χ0n) is 31.8. The third-order valence-corrected chi connectivity index (χ3v) is 10.7. The van der Waals surface area contributed by atoms with Crippen molar-refractivity contribution in [1.29, 1.82) is 0 Å². The third-order valence-electron chi connectivity index (χ3n) is 10.2. The quantitative estimate of drug-likeness (QED) is 0.129. The number of hydrogen-bond acceptors (Lipinski definition) is 3. The zero-order valence-corrected chi connectivity index (χ0v) is 33.4. The van der Waals surface area contributed by atoms with Crippen molar-refractivity contribution in [2.24, 2.45) is 0 Å². The first-order valence-corrected chi connectivity index (χ1v) is 20.3. The molecule has 58 heavy (non-hydrogen) atoms. The van der Waals surface area contributed by atoms with Crippen molar-refractivity contribution in [1.82, 2.24) is 0 Å². The molecule has 0 unspecified atom stereocenters. The molecule has 0 fully saturated rings. The topological polar surface area (TPSA) is 9.72 Å². The summed E-state index contributed by atoms with van der Waals surface area (Å²) in [5.74, 6) is 0. The van der Waals surface area contributed by atoms with E-state index in [4.69, 9.17) is 0 Å². The summed E-state index contributed by atoms with van der Waals surface area (Å²) in [6.07, 6.45) is 0. The standard InChI is InChI=1S/C54H40BrN3/c55-43-25-19-34-48(37-43)58(54-52(41-21-7-1-8-22-41)35-20-36-53(54)42-23-9-2-10-24-42)51-39-49(56(44-26-11-3-12-27-44)45-28-13-4-14-29-45)38-50(40-51)57(46-30-15-5-16-31-46)47-32-17-6-18-33-47/h1-40H. The first-order valence-electron chi connectivity index (χ1n) is 19.5. The van der Waals surface area contributed by atoms with Crippen LogP contribution in [0.2, 0.25) is 0 Å². The van der Waals surface area contributed by atoms with Crippen molar-refractivity contribution in [2.45, 2.75) is 0 Å². The van der Waals surface area contributed by atoms with Crippen LogP contribution in [0.25, 0.3) is 22.3 Å². The van der Waals surface area contributed by atoms with E-state index in [2.05, 4.69) is 273 Å². The number of para-hydroxylation sites is 5. The second-order valence-electron chi connectivity index (χ2n) is 14.0. The monoisotopic (exact) mass is 809 g/mol. The van der Waals surface area contributed by atoms with Crippen LogP contribution in [0.3, 0.4) is 0 Å². The van der Waals surface area contributed by atoms with E-state index < -0.39 is 0 Å². The van der Waals surface area contributed by atoms with Gasteiger partial charge in [-0.3, -0.25) is 0 Å². The number of halogens is 1. The molecule has 9 aromatic rings. The average Bonchev–Trinajstić information content (AvgIpc) is 3.29. The van der Waals surface area contributed by atoms with Crippen LogP contribution in [-0.4, -0.2) is 0 Å². The Kier molecular flexibility index (Phi) is 10.7. The Bertz CT molecular complexity index is 2490. The normalized spacial score (nSPS) is 10.8. The molecular weight excluding hydrogens is 771 g/mol. The van der Waals surface area contributed by atoms with Gasteiger partial charge in [-0.1, -0.05) is 174 Å². The van der Waals surface area contributed by atoms with Crippen molar-refractivity contribution in [3.63, 3.8) is 0 Å². The van der Waals surface area contributed by atoms with Crippen molar-refractivity contribution >= 4 is 67.1 Å². The van der Waals surface area contributed by atoms with E-state index in [1.807, 2.05) is 0 Å². The first kappa shape index (κ1) is 36.5. The Morgan fingerprint density at radius 3 is 0.914 bits per heavy atom. The number of nitrogens with zero attached hydrogens (tertiary/aromatic N) is 3. The molecule has 0 heterocycles. The minimum atomic E-state index is 0.996. The molecule has 0 bridgehead atoms. The van der Waals surface area contributed by atoms with E-state index in [9.17, 15) is 0 Å². The Morgan fingerprint density at radius 2 is 0.552 bits per heavy atom. The molecular formula is C54H40BrN3. The number of rotatable bonds is 11. The summed E-state index contributed by atoms with van der Waals surface area (Å²) in [4.78, 5) is 7.13. The maximum Gasteiger partial charge on any atom is 0.0618 e. The largest absolute Gasteiger partial charge is 0.310 e. The molecule has 3 nitrogen and oxygen atoms in total. The van der Waals surface area contributed by atoms with Gasteiger partial charge in [0.2, 0.25) is 0 Å². The molecule has 0 spiro atoms. The minimum Gasteiger partial charge on any atom is -0.310 e. The van der Waals surface area contributed by atoms with Crippen LogP contribution in [0.5, 0.6) is 0 Å². The van der Waals surface area contributed by atoms with Crippen LogP contribution >= 0.6 is 15.9 Å². The fourth-order valence-corrected chi connectivity index (χ4v) is 8.06. The molecule has 0 aliphatic heterocycles. The van der Waals surface area contributed by atoms with Crippen molar-refractivity contribution in [2.75, 3.05) is 14.7 Å². The van der Waals surface area contributed by atoms with Crippen molar-refractivity contribution in [3.05, 3.63) is 247 Å². The first-order chi connectivity index (χ1) is 28.7. The predicted molar refractivity (Wildman–Crippen MR) is 249 cm³/mol. The van der Waals surface area contributed by atoms with Crippen LogP contribution in [0.1, 0.15) is 0 Å². The molecule has 0 N–H and O–H groups in total. The van der Waals surface area contributed by atoms with E-state index in [0.717, 1.165) is 77.9 Å². The van der Waals surface area contributed by atoms with E-state index in [1.165, 1.54) is 0 Å². The number of benzene rings is 9. The van der Waals surface area contributed by atoms with Gasteiger partial charge in [0.1, 0.15) is 0 Å². The Labute approximate surface area is 349 Å². The smallest absolute Gasteiger partial charge is 0.0618 e. The van der Waals surface area contributed by atoms with Gasteiger partial charge in [0.25, 0.3) is 0 Å². The van der Waals surface area contributed by atoms with Gasteiger partial charge in [-0.2, -0.15) is 0 Å². The van der Waals surface area contributed by atoms with E-state index >= 15 is 0 Å². The van der Waals surface area contributed by atoms with Crippen LogP contribution in [0, 0.1) is 0 Å². The molecule has 9 aromatic carbocycles. The zero-order chi connectivity index (χ0) is 39.1. The second-order valence-corrected chi connectivity index (χ2v) is 14.9. The molecule has 0 saturated carbocycles. The maximum absolute atomic E-state index is 3.86. The van der Waals surface area contributed by atoms with E-state index in [0.29, 0.717) is 0 Å². The van der Waals surface area contributed by atoms with Crippen LogP contribution < -0.4 is 14.7 Å². The lowest BCUT2D eigenvalue weighted by Crippen LogP contribution is -2.17. The summed E-state index contributed by atoms with van der Waals surface area (Å²) in [7, 11) is 0. The van der Waals surface area contributed by atoms with Crippen molar-refractivity contribution in [3.8, 4) is 22.3 Å². The van der Waals surface area contributed by atoms with Gasteiger partial charge in [-0.15, -0.1) is 0 Å². The molecule has 0 aliphatic rings. The van der Waals surface area contributed by atoms with Gasteiger partial charge in [-0.25, -0.2) is 0 Å². The van der Waals surface area contributed by atoms with Crippen LogP contribution in [0.4, 0.5) is 51.2 Å². The third kappa shape index (κ3) is 7.66. The highest BCUT2D eigenvalue weighted by Crippen LogP contribution is 2.50. The summed E-state index contributed by atoms with van der Waals surface area (Å²) < 4.78 is 0.996. The molecule has 9 rings (SSSR count). The van der Waals surface area contributed by atoms with E-state index in [1.54, 1.807) is 0 Å². The molecule has 0 amide bonds. The van der Waals surface area contributed by atoms with E-state index in [-0.39, 0.29) is 0 Å². The Hall–Kier alpha value is -7.14. The average molecular weight is 811 g/mol. The molecule has 0 saturated heterocycles. The van der Waals surface area contributed by atoms with Crippen LogP contribution in [-0.2, 0) is 0 Å². The highest BCUT2D eigenvalue weighted by Gasteiger charge is 2.26. The summed E-state index contributed by atoms with van der Waals surface area (Å²) in [6.45, 7) is 0. The Balaban J connectivity index is 1.40. The lowest BCUT2D eigenvalue weighted by Gasteiger charge is -2.34. The minimum absolute atomic E-state index is 0.996. The van der Waals surface area contributed by atoms with Gasteiger partial charge in [0, 0.05) is 44.0 Å². The lowest BCUT2D eigenvalue weighted by molar-refractivity contribution is 1.22. The van der Waals surface area contributed by atoms with Gasteiger partial charge >= 0.3 is 0 Å². The maximum atomic E-state index is 3.86. The second kappa shape index (κ2) is 16.9. The fraction of sp³-hybridized carbons (Fsp3) is 0. The SMILES string of the molecule is Brc1cccc(N(c2cc(N(c3ccccc3)c3ccccc3)cc(N(c3ccccc3)c3ccccc3)c2)c2c(-c3ccccc3)cccc2-c2ccccc2)c1. The molecule has 0 aliphatic carbocycles. The van der Waals surface area contributed by atoms with Gasteiger partial charge < -0.3 is 14.7 Å². The van der Waals surface area contributed by atoms with Gasteiger partial charge in [0.15, 0.2) is 0 Å². The Morgan fingerprint density at radius 1 is 0.241 bits per heavy atom. The predicted octanol–water partition coefficient (Wildman–Crippen LogP) is 16.2. The van der Waals surface area contributed by atoms with Gasteiger partial charge in [0.05, 0.1) is 22.7 Å². The van der Waals surface area contributed by atoms with Crippen molar-refractivity contribution < 1.29 is 0 Å². The molecule has 0 radical (unpaired) electrons. The summed E-state index contributed by atoms with van der Waals surface area (Å²) >= 11 is 3.86. The number of anilines is 9. The lowest BCUT2D eigenvalue weighted by atomic mass is 9.94. The number of hydrogen-bond donors (Lipinski definition) is 0. The summed E-state index contributed by atoms with van der Waals surface area (Å²) in [5.41, 5.74) is 13.9. The molecule has 0 atom stereocenters. The van der Waals surface area contributed by atoms with Gasteiger partial charge in [-0.05, 0) is 96.1 Å². The molecule has 0 aromatic heterocycles. The summed E-state index contributed by atoms with van der Waals surface area (Å²) in [5, 5.41) is 0. The molecule has 278 valence electrons. The summed E-state index contributed by atoms with van der Waals surface area (Å²) in [6, 6.07) is 86.2. The fourth-order valence-electron chi connectivity index (χ4n) is 7.68. The highest BCUT2D eigenvalue weighted by molar-refractivity contribution is 9.10. The van der Waals surface area contributed by atoms with Crippen LogP contribution in [0.15, 0.2) is 247 Å².